The molecule has 0 spiro atoms. The summed E-state index contributed by atoms with van der Waals surface area (Å²) in [5, 5.41) is 0. The Morgan fingerprint density at radius 1 is 1.17 bits per heavy atom. The van der Waals surface area contributed by atoms with Gasteiger partial charge in [-0.25, -0.2) is 13.1 Å². The number of hydrogen-bond acceptors (Lipinski definition) is 5. The molecular formula is C21H25N3O3S2. The Morgan fingerprint density at radius 3 is 2.76 bits per heavy atom. The molecule has 0 amide bonds. The van der Waals surface area contributed by atoms with Crippen LogP contribution in [0.2, 0.25) is 0 Å². The van der Waals surface area contributed by atoms with Gasteiger partial charge in [-0.1, -0.05) is 29.5 Å². The van der Waals surface area contributed by atoms with Gasteiger partial charge in [0.05, 0.1) is 15.1 Å². The Kier molecular flexibility index (Phi) is 5.50. The molecular weight excluding hydrogens is 406 g/mol. The summed E-state index contributed by atoms with van der Waals surface area (Å²) in [7, 11) is -3.61. The highest BCUT2D eigenvalue weighted by Crippen LogP contribution is 2.27. The molecule has 4 rings (SSSR count). The fourth-order valence-corrected chi connectivity index (χ4v) is 6.10. The highest BCUT2D eigenvalue weighted by atomic mass is 32.2. The molecule has 1 N–H and O–H groups in total. The molecule has 0 bridgehead atoms. The van der Waals surface area contributed by atoms with Gasteiger partial charge in [-0.2, -0.15) is 0 Å². The number of para-hydroxylation sites is 1. The van der Waals surface area contributed by atoms with Crippen LogP contribution < -0.4 is 14.5 Å². The number of thiazole rings is 1. The molecule has 1 aromatic heterocycles. The summed E-state index contributed by atoms with van der Waals surface area (Å²) in [6, 6.07) is 13.3. The molecule has 8 heteroatoms. The van der Waals surface area contributed by atoms with E-state index in [4.69, 9.17) is 0 Å². The second-order valence-electron chi connectivity index (χ2n) is 7.58. The first-order valence-electron chi connectivity index (χ1n) is 9.84. The van der Waals surface area contributed by atoms with E-state index in [0.717, 1.165) is 42.8 Å². The lowest BCUT2D eigenvalue weighted by molar-refractivity contribution is 0.578. The summed E-state index contributed by atoms with van der Waals surface area (Å²) in [6.45, 7) is 6.06. The van der Waals surface area contributed by atoms with Crippen molar-refractivity contribution in [1.82, 2.24) is 9.29 Å². The van der Waals surface area contributed by atoms with E-state index in [1.54, 1.807) is 22.8 Å². The van der Waals surface area contributed by atoms with Crippen LogP contribution in [0.1, 0.15) is 31.9 Å². The van der Waals surface area contributed by atoms with Crippen molar-refractivity contribution in [3.05, 3.63) is 57.7 Å². The maximum Gasteiger partial charge on any atom is 0.308 e. The van der Waals surface area contributed by atoms with Crippen molar-refractivity contribution in [2.75, 3.05) is 24.5 Å². The van der Waals surface area contributed by atoms with E-state index < -0.39 is 10.0 Å². The quantitative estimate of drug-likeness (QED) is 0.582. The lowest BCUT2D eigenvalue weighted by Crippen LogP contribution is -2.29. The average molecular weight is 432 g/mol. The SMILES string of the molecule is CC(C)n1c(=O)sc2cc(S(=O)(=O)NCCCN3CCc4ccccc43)ccc21. The van der Waals surface area contributed by atoms with Crippen molar-refractivity contribution in [1.29, 1.82) is 0 Å². The van der Waals surface area contributed by atoms with E-state index in [9.17, 15) is 13.2 Å². The van der Waals surface area contributed by atoms with Gasteiger partial charge in [0.25, 0.3) is 0 Å². The average Bonchev–Trinajstić information content (AvgIpc) is 3.24. The van der Waals surface area contributed by atoms with Gasteiger partial charge in [-0.15, -0.1) is 0 Å². The molecule has 0 atom stereocenters. The van der Waals surface area contributed by atoms with Crippen LogP contribution >= 0.6 is 11.3 Å². The van der Waals surface area contributed by atoms with Gasteiger partial charge in [0.15, 0.2) is 0 Å². The number of hydrogen-bond donors (Lipinski definition) is 1. The molecule has 1 aliphatic heterocycles. The molecule has 0 radical (unpaired) electrons. The van der Waals surface area contributed by atoms with E-state index >= 15 is 0 Å². The predicted octanol–water partition coefficient (Wildman–Crippen LogP) is 3.38. The second-order valence-corrected chi connectivity index (χ2v) is 10.3. The maximum absolute atomic E-state index is 12.7. The molecule has 154 valence electrons. The van der Waals surface area contributed by atoms with Gasteiger partial charge in [-0.3, -0.25) is 9.36 Å². The fraction of sp³-hybridized carbons (Fsp3) is 0.381. The molecule has 2 heterocycles. The number of fused-ring (bicyclic) bond motifs is 2. The van der Waals surface area contributed by atoms with E-state index in [0.29, 0.717) is 11.2 Å². The third kappa shape index (κ3) is 3.97. The summed E-state index contributed by atoms with van der Waals surface area (Å²) >= 11 is 1.08. The zero-order valence-corrected chi connectivity index (χ0v) is 18.2. The lowest BCUT2D eigenvalue weighted by atomic mass is 10.2. The summed E-state index contributed by atoms with van der Waals surface area (Å²) in [4.78, 5) is 14.6. The fourth-order valence-electron chi connectivity index (χ4n) is 3.87. The Morgan fingerprint density at radius 2 is 1.97 bits per heavy atom. The van der Waals surface area contributed by atoms with E-state index in [1.165, 1.54) is 11.3 Å². The van der Waals surface area contributed by atoms with Crippen LogP contribution in [0.15, 0.2) is 52.2 Å². The largest absolute Gasteiger partial charge is 0.371 e. The van der Waals surface area contributed by atoms with Gasteiger partial charge in [0, 0.05) is 31.4 Å². The Hall–Kier alpha value is -2.16. The zero-order valence-electron chi connectivity index (χ0n) is 16.6. The minimum atomic E-state index is -3.61. The van der Waals surface area contributed by atoms with Crippen molar-refractivity contribution < 1.29 is 8.42 Å². The zero-order chi connectivity index (χ0) is 20.6. The van der Waals surface area contributed by atoms with Crippen molar-refractivity contribution in [2.45, 2.75) is 37.6 Å². The molecule has 29 heavy (non-hydrogen) atoms. The summed E-state index contributed by atoms with van der Waals surface area (Å²) in [5.41, 5.74) is 3.39. The van der Waals surface area contributed by atoms with Crippen LogP contribution in [0.4, 0.5) is 5.69 Å². The van der Waals surface area contributed by atoms with Crippen molar-refractivity contribution >= 4 is 37.3 Å². The topological polar surface area (TPSA) is 71.4 Å². The van der Waals surface area contributed by atoms with Crippen LogP contribution in [0.25, 0.3) is 10.2 Å². The second kappa shape index (κ2) is 7.93. The Bertz CT molecular complexity index is 1200. The highest BCUT2D eigenvalue weighted by Gasteiger charge is 2.19. The van der Waals surface area contributed by atoms with Crippen LogP contribution in [-0.4, -0.2) is 32.6 Å². The van der Waals surface area contributed by atoms with E-state index in [1.807, 2.05) is 19.9 Å². The van der Waals surface area contributed by atoms with Crippen LogP contribution in [0, 0.1) is 0 Å². The van der Waals surface area contributed by atoms with E-state index in [2.05, 4.69) is 27.8 Å². The van der Waals surface area contributed by atoms with Gasteiger partial charge < -0.3 is 4.90 Å². The molecule has 2 aromatic carbocycles. The lowest BCUT2D eigenvalue weighted by Gasteiger charge is -2.19. The molecule has 3 aromatic rings. The number of benzene rings is 2. The summed E-state index contributed by atoms with van der Waals surface area (Å²) < 4.78 is 30.5. The Balaban J connectivity index is 1.41. The van der Waals surface area contributed by atoms with Crippen LogP contribution in [0.5, 0.6) is 0 Å². The molecule has 6 nitrogen and oxygen atoms in total. The summed E-state index contributed by atoms with van der Waals surface area (Å²) in [6.07, 6.45) is 1.77. The molecule has 0 unspecified atom stereocenters. The van der Waals surface area contributed by atoms with E-state index in [-0.39, 0.29) is 15.8 Å². The molecule has 0 saturated heterocycles. The Labute approximate surface area is 174 Å². The molecule has 1 aliphatic rings. The van der Waals surface area contributed by atoms with Crippen molar-refractivity contribution in [3.63, 3.8) is 0 Å². The predicted molar refractivity (Wildman–Crippen MR) is 119 cm³/mol. The number of aromatic nitrogens is 1. The van der Waals surface area contributed by atoms with Gasteiger partial charge >= 0.3 is 4.87 Å². The first-order chi connectivity index (χ1) is 13.9. The number of anilines is 1. The number of nitrogens with one attached hydrogen (secondary N) is 1. The smallest absolute Gasteiger partial charge is 0.308 e. The maximum atomic E-state index is 12.7. The molecule has 0 aliphatic carbocycles. The molecule has 0 saturated carbocycles. The van der Waals surface area contributed by atoms with Gasteiger partial charge in [0.1, 0.15) is 0 Å². The minimum Gasteiger partial charge on any atom is -0.371 e. The van der Waals surface area contributed by atoms with Crippen molar-refractivity contribution in [2.24, 2.45) is 0 Å². The third-order valence-electron chi connectivity index (χ3n) is 5.29. The monoisotopic (exact) mass is 431 g/mol. The van der Waals surface area contributed by atoms with Gasteiger partial charge in [0.2, 0.25) is 10.0 Å². The van der Waals surface area contributed by atoms with Crippen molar-refractivity contribution in [3.8, 4) is 0 Å². The number of sulfonamides is 1. The standard InChI is InChI=1S/C21H25N3O3S2/c1-15(2)24-19-9-8-17(14-20(19)28-21(24)25)29(26,27)22-11-5-12-23-13-10-16-6-3-4-7-18(16)23/h3-4,6-9,14-15,22H,5,10-13H2,1-2H3. The van der Waals surface area contributed by atoms with Crippen LogP contribution in [-0.2, 0) is 16.4 Å². The van der Waals surface area contributed by atoms with Gasteiger partial charge in [-0.05, 0) is 56.5 Å². The number of rotatable bonds is 7. The third-order valence-corrected chi connectivity index (χ3v) is 7.67. The normalized spacial score (nSPS) is 14.1. The summed E-state index contributed by atoms with van der Waals surface area (Å²) in [5.74, 6) is 0. The first kappa shape index (κ1) is 20.1. The highest BCUT2D eigenvalue weighted by molar-refractivity contribution is 7.89. The first-order valence-corrected chi connectivity index (χ1v) is 12.1. The minimum absolute atomic E-state index is 0.0348. The molecule has 0 fully saturated rings. The van der Waals surface area contributed by atoms with Crippen LogP contribution in [0.3, 0.4) is 0 Å². The number of nitrogens with zero attached hydrogens (tertiary/aromatic N) is 2.